The van der Waals surface area contributed by atoms with Gasteiger partial charge in [-0.1, -0.05) is 18.2 Å². The zero-order valence-electron chi connectivity index (χ0n) is 8.14. The molecule has 1 rings (SSSR count). The predicted molar refractivity (Wildman–Crippen MR) is 53.2 cm³/mol. The Morgan fingerprint density at radius 1 is 1.36 bits per heavy atom. The lowest BCUT2D eigenvalue weighted by atomic mass is 10.2. The van der Waals surface area contributed by atoms with Crippen molar-refractivity contribution in [1.82, 2.24) is 4.31 Å². The number of aryl methyl sites for hydroxylation is 1. The summed E-state index contributed by atoms with van der Waals surface area (Å²) in [5.41, 5.74) is 0.674. The third kappa shape index (κ3) is 1.95. The fourth-order valence-electron chi connectivity index (χ4n) is 1.09. The Morgan fingerprint density at radius 3 is 2.43 bits per heavy atom. The Kier molecular flexibility index (Phi) is 3.25. The fourth-order valence-corrected chi connectivity index (χ4v) is 2.30. The summed E-state index contributed by atoms with van der Waals surface area (Å²) in [4.78, 5) is 0.233. The molecule has 1 aromatic carbocycles. The molecule has 5 heteroatoms. The number of nitrogens with zero attached hydrogens (tertiary/aromatic N) is 1. The lowest BCUT2D eigenvalue weighted by Gasteiger charge is -2.15. The lowest BCUT2D eigenvalue weighted by molar-refractivity contribution is 0.199. The standard InChI is InChI=1S/C9H13NO3S/c1-8-5-3-4-6-9(8)14(12,13)10(2)7-11/h3-6,11H,7H2,1-2H3. The first kappa shape index (κ1) is 11.2. The summed E-state index contributed by atoms with van der Waals surface area (Å²) in [5, 5.41) is 8.77. The quantitative estimate of drug-likeness (QED) is 0.750. The molecule has 0 radical (unpaired) electrons. The second-order valence-corrected chi connectivity index (χ2v) is 5.02. The molecule has 0 amide bonds. The summed E-state index contributed by atoms with van der Waals surface area (Å²) in [6.07, 6.45) is 0. The van der Waals surface area contributed by atoms with Gasteiger partial charge in [-0.3, -0.25) is 0 Å². The van der Waals surface area contributed by atoms with Gasteiger partial charge in [0.2, 0.25) is 10.0 Å². The highest BCUT2D eigenvalue weighted by molar-refractivity contribution is 7.89. The van der Waals surface area contributed by atoms with E-state index in [0.717, 1.165) is 4.31 Å². The Labute approximate surface area is 83.8 Å². The maximum absolute atomic E-state index is 11.7. The molecule has 0 heterocycles. The van der Waals surface area contributed by atoms with E-state index < -0.39 is 16.8 Å². The van der Waals surface area contributed by atoms with E-state index in [9.17, 15) is 8.42 Å². The van der Waals surface area contributed by atoms with E-state index in [-0.39, 0.29) is 4.90 Å². The van der Waals surface area contributed by atoms with Gasteiger partial charge in [0.25, 0.3) is 0 Å². The Hall–Kier alpha value is -0.910. The molecule has 0 aliphatic heterocycles. The topological polar surface area (TPSA) is 57.6 Å². The van der Waals surface area contributed by atoms with Crippen LogP contribution in [0.2, 0.25) is 0 Å². The number of hydrogen-bond donors (Lipinski definition) is 1. The van der Waals surface area contributed by atoms with Crippen molar-refractivity contribution in [3.63, 3.8) is 0 Å². The molecule has 0 unspecified atom stereocenters. The van der Waals surface area contributed by atoms with Crippen molar-refractivity contribution < 1.29 is 13.5 Å². The van der Waals surface area contributed by atoms with Gasteiger partial charge in [-0.2, -0.15) is 4.31 Å². The monoisotopic (exact) mass is 215 g/mol. The van der Waals surface area contributed by atoms with Crippen LogP contribution in [-0.4, -0.2) is 31.6 Å². The van der Waals surface area contributed by atoms with Gasteiger partial charge in [0.1, 0.15) is 6.73 Å². The van der Waals surface area contributed by atoms with Gasteiger partial charge in [0.15, 0.2) is 0 Å². The molecule has 1 aromatic rings. The van der Waals surface area contributed by atoms with Gasteiger partial charge >= 0.3 is 0 Å². The van der Waals surface area contributed by atoms with Gasteiger partial charge in [0, 0.05) is 7.05 Å². The molecular formula is C9H13NO3S. The van der Waals surface area contributed by atoms with E-state index >= 15 is 0 Å². The first-order valence-corrected chi connectivity index (χ1v) is 5.57. The highest BCUT2D eigenvalue weighted by atomic mass is 32.2. The largest absolute Gasteiger partial charge is 0.380 e. The second-order valence-electron chi connectivity index (χ2n) is 3.01. The Balaban J connectivity index is 3.24. The predicted octanol–water partition coefficient (Wildman–Crippen LogP) is 0.565. The summed E-state index contributed by atoms with van der Waals surface area (Å²) in [5.74, 6) is 0. The fraction of sp³-hybridized carbons (Fsp3) is 0.333. The SMILES string of the molecule is Cc1ccccc1S(=O)(=O)N(C)CO. The summed E-state index contributed by atoms with van der Waals surface area (Å²) in [6, 6.07) is 6.67. The van der Waals surface area contributed by atoms with Crippen LogP contribution in [0.15, 0.2) is 29.2 Å². The molecule has 0 aliphatic rings. The Bertz CT molecular complexity index is 414. The molecule has 78 valence electrons. The van der Waals surface area contributed by atoms with Crippen LogP contribution in [-0.2, 0) is 10.0 Å². The number of aliphatic hydroxyl groups excluding tert-OH is 1. The van der Waals surface area contributed by atoms with Crippen LogP contribution in [0.5, 0.6) is 0 Å². The van der Waals surface area contributed by atoms with E-state index in [0.29, 0.717) is 5.56 Å². The van der Waals surface area contributed by atoms with Crippen molar-refractivity contribution in [3.05, 3.63) is 29.8 Å². The van der Waals surface area contributed by atoms with Crippen LogP contribution in [0.3, 0.4) is 0 Å². The Morgan fingerprint density at radius 2 is 1.93 bits per heavy atom. The van der Waals surface area contributed by atoms with Crippen LogP contribution in [0.4, 0.5) is 0 Å². The molecule has 1 N–H and O–H groups in total. The summed E-state index contributed by atoms with van der Waals surface area (Å²) in [7, 11) is -2.20. The third-order valence-electron chi connectivity index (χ3n) is 1.98. The smallest absolute Gasteiger partial charge is 0.245 e. The van der Waals surface area contributed by atoms with Crippen LogP contribution in [0.25, 0.3) is 0 Å². The zero-order chi connectivity index (χ0) is 10.8. The summed E-state index contributed by atoms with van der Waals surface area (Å²) >= 11 is 0. The van der Waals surface area contributed by atoms with Crippen molar-refractivity contribution >= 4 is 10.0 Å². The van der Waals surface area contributed by atoms with Crippen molar-refractivity contribution in [2.24, 2.45) is 0 Å². The minimum atomic E-state index is -3.54. The van der Waals surface area contributed by atoms with E-state index in [4.69, 9.17) is 5.11 Å². The minimum Gasteiger partial charge on any atom is -0.380 e. The highest BCUT2D eigenvalue weighted by Crippen LogP contribution is 2.17. The number of benzene rings is 1. The average molecular weight is 215 g/mol. The average Bonchev–Trinajstić information content (AvgIpc) is 2.17. The minimum absolute atomic E-state index is 0.233. The molecule has 4 nitrogen and oxygen atoms in total. The van der Waals surface area contributed by atoms with Gasteiger partial charge < -0.3 is 5.11 Å². The lowest BCUT2D eigenvalue weighted by Crippen LogP contribution is -2.28. The molecule has 0 spiro atoms. The first-order chi connectivity index (χ1) is 6.50. The molecule has 0 saturated carbocycles. The van der Waals surface area contributed by atoms with Crippen molar-refractivity contribution in [3.8, 4) is 0 Å². The van der Waals surface area contributed by atoms with Crippen LogP contribution in [0, 0.1) is 6.92 Å². The molecular weight excluding hydrogens is 202 g/mol. The van der Waals surface area contributed by atoms with E-state index in [2.05, 4.69) is 0 Å². The number of hydrogen-bond acceptors (Lipinski definition) is 3. The number of sulfonamides is 1. The maximum Gasteiger partial charge on any atom is 0.245 e. The van der Waals surface area contributed by atoms with Crippen LogP contribution < -0.4 is 0 Å². The van der Waals surface area contributed by atoms with Crippen molar-refractivity contribution in [2.75, 3.05) is 13.8 Å². The molecule has 0 saturated heterocycles. The maximum atomic E-state index is 11.7. The zero-order valence-corrected chi connectivity index (χ0v) is 8.95. The summed E-state index contributed by atoms with van der Waals surface area (Å²) < 4.78 is 24.4. The van der Waals surface area contributed by atoms with E-state index in [1.165, 1.54) is 13.1 Å². The van der Waals surface area contributed by atoms with Crippen LogP contribution >= 0.6 is 0 Å². The third-order valence-corrected chi connectivity index (χ3v) is 3.93. The normalized spacial score (nSPS) is 12.0. The highest BCUT2D eigenvalue weighted by Gasteiger charge is 2.21. The second kappa shape index (κ2) is 4.08. The van der Waals surface area contributed by atoms with Crippen LogP contribution in [0.1, 0.15) is 5.56 Å². The molecule has 0 bridgehead atoms. The van der Waals surface area contributed by atoms with Gasteiger partial charge in [-0.15, -0.1) is 0 Å². The van der Waals surface area contributed by atoms with Gasteiger partial charge in [-0.05, 0) is 18.6 Å². The first-order valence-electron chi connectivity index (χ1n) is 4.13. The molecule has 0 fully saturated rings. The van der Waals surface area contributed by atoms with Gasteiger partial charge in [0.05, 0.1) is 4.90 Å². The van der Waals surface area contributed by atoms with E-state index in [1.54, 1.807) is 25.1 Å². The summed E-state index contributed by atoms with van der Waals surface area (Å²) in [6.45, 7) is 1.20. The molecule has 0 atom stereocenters. The molecule has 0 aliphatic carbocycles. The number of rotatable bonds is 3. The molecule has 14 heavy (non-hydrogen) atoms. The van der Waals surface area contributed by atoms with E-state index in [1.807, 2.05) is 0 Å². The van der Waals surface area contributed by atoms with Crippen molar-refractivity contribution in [2.45, 2.75) is 11.8 Å². The van der Waals surface area contributed by atoms with Crippen molar-refractivity contribution in [1.29, 1.82) is 0 Å². The van der Waals surface area contributed by atoms with Gasteiger partial charge in [-0.25, -0.2) is 8.42 Å². The number of aliphatic hydroxyl groups is 1. The molecule has 0 aromatic heterocycles.